The van der Waals surface area contributed by atoms with Crippen LogP contribution in [0.15, 0.2) is 18.2 Å². The Bertz CT molecular complexity index is 330. The summed E-state index contributed by atoms with van der Waals surface area (Å²) in [6, 6.07) is 6.06. The third kappa shape index (κ3) is 3.16. The van der Waals surface area contributed by atoms with Crippen molar-refractivity contribution in [2.45, 2.75) is 33.6 Å². The molecule has 0 unspecified atom stereocenters. The van der Waals surface area contributed by atoms with E-state index in [0.717, 1.165) is 18.1 Å². The number of ether oxygens (including phenoxy) is 2. The smallest absolute Gasteiger partial charge is 0.164 e. The number of hydrogen-bond acceptors (Lipinski definition) is 2. The zero-order valence-electron chi connectivity index (χ0n) is 10.9. The second-order valence-corrected chi connectivity index (χ2v) is 4.74. The standard InChI is InChI=1S/C14H22O2/c1-10(2)9-16-14-12(11(3)4)7-6-8-13(14)15-5/h6-8,10-11H,9H2,1-5H3. The SMILES string of the molecule is COc1cccc(C(C)C)c1OCC(C)C. The minimum atomic E-state index is 0.442. The molecule has 90 valence electrons. The first-order valence-electron chi connectivity index (χ1n) is 5.86. The van der Waals surface area contributed by atoms with E-state index in [0.29, 0.717) is 11.8 Å². The quantitative estimate of drug-likeness (QED) is 0.753. The highest BCUT2D eigenvalue weighted by molar-refractivity contribution is 5.47. The Morgan fingerprint density at radius 3 is 2.31 bits per heavy atom. The maximum atomic E-state index is 5.86. The van der Waals surface area contributed by atoms with Crippen molar-refractivity contribution in [1.29, 1.82) is 0 Å². The molecule has 0 saturated carbocycles. The fourth-order valence-electron chi connectivity index (χ4n) is 1.55. The van der Waals surface area contributed by atoms with E-state index >= 15 is 0 Å². The lowest BCUT2D eigenvalue weighted by atomic mass is 10.0. The highest BCUT2D eigenvalue weighted by Crippen LogP contribution is 2.35. The fourth-order valence-corrected chi connectivity index (χ4v) is 1.55. The minimum Gasteiger partial charge on any atom is -0.493 e. The number of benzene rings is 1. The molecule has 2 heteroatoms. The van der Waals surface area contributed by atoms with Gasteiger partial charge in [-0.05, 0) is 17.9 Å². The van der Waals surface area contributed by atoms with Gasteiger partial charge in [0.25, 0.3) is 0 Å². The van der Waals surface area contributed by atoms with E-state index in [1.54, 1.807) is 7.11 Å². The normalized spacial score (nSPS) is 10.9. The molecule has 1 rings (SSSR count). The molecule has 0 atom stereocenters. The number of methoxy groups -OCH3 is 1. The van der Waals surface area contributed by atoms with Gasteiger partial charge in [-0.15, -0.1) is 0 Å². The van der Waals surface area contributed by atoms with Crippen LogP contribution >= 0.6 is 0 Å². The van der Waals surface area contributed by atoms with Gasteiger partial charge >= 0.3 is 0 Å². The van der Waals surface area contributed by atoms with Gasteiger partial charge in [0.15, 0.2) is 11.5 Å². The summed E-state index contributed by atoms with van der Waals surface area (Å²) in [5, 5.41) is 0. The molecule has 0 heterocycles. The maximum Gasteiger partial charge on any atom is 0.164 e. The summed E-state index contributed by atoms with van der Waals surface area (Å²) >= 11 is 0. The van der Waals surface area contributed by atoms with E-state index in [2.05, 4.69) is 33.8 Å². The Balaban J connectivity index is 2.99. The van der Waals surface area contributed by atoms with E-state index in [-0.39, 0.29) is 0 Å². The first-order chi connectivity index (χ1) is 7.56. The van der Waals surface area contributed by atoms with Crippen LogP contribution in [-0.4, -0.2) is 13.7 Å². The second-order valence-electron chi connectivity index (χ2n) is 4.74. The second kappa shape index (κ2) is 5.78. The van der Waals surface area contributed by atoms with Crippen LogP contribution in [0.4, 0.5) is 0 Å². The summed E-state index contributed by atoms with van der Waals surface area (Å²) in [5.41, 5.74) is 1.21. The topological polar surface area (TPSA) is 18.5 Å². The van der Waals surface area contributed by atoms with Gasteiger partial charge in [0.2, 0.25) is 0 Å². The maximum absolute atomic E-state index is 5.86. The van der Waals surface area contributed by atoms with Crippen LogP contribution in [0.3, 0.4) is 0 Å². The molecular formula is C14H22O2. The molecule has 0 N–H and O–H groups in total. The van der Waals surface area contributed by atoms with Gasteiger partial charge in [0.1, 0.15) is 0 Å². The van der Waals surface area contributed by atoms with Crippen molar-refractivity contribution in [2.24, 2.45) is 5.92 Å². The molecule has 1 aromatic carbocycles. The molecule has 0 fully saturated rings. The van der Waals surface area contributed by atoms with Crippen molar-refractivity contribution >= 4 is 0 Å². The zero-order valence-corrected chi connectivity index (χ0v) is 10.9. The Labute approximate surface area is 98.6 Å². The molecule has 0 bridgehead atoms. The van der Waals surface area contributed by atoms with Gasteiger partial charge in [0.05, 0.1) is 13.7 Å². The van der Waals surface area contributed by atoms with E-state index in [1.165, 1.54) is 5.56 Å². The van der Waals surface area contributed by atoms with Gasteiger partial charge in [-0.1, -0.05) is 39.8 Å². The molecular weight excluding hydrogens is 200 g/mol. The molecule has 2 nitrogen and oxygen atoms in total. The predicted octanol–water partition coefficient (Wildman–Crippen LogP) is 3.85. The third-order valence-corrected chi connectivity index (χ3v) is 2.41. The molecule has 1 aromatic rings. The van der Waals surface area contributed by atoms with Gasteiger partial charge in [-0.25, -0.2) is 0 Å². The highest BCUT2D eigenvalue weighted by atomic mass is 16.5. The van der Waals surface area contributed by atoms with Gasteiger partial charge in [0, 0.05) is 5.56 Å². The Morgan fingerprint density at radius 1 is 1.12 bits per heavy atom. The van der Waals surface area contributed by atoms with Crippen molar-refractivity contribution in [3.05, 3.63) is 23.8 Å². The van der Waals surface area contributed by atoms with E-state index in [4.69, 9.17) is 9.47 Å². The lowest BCUT2D eigenvalue weighted by Crippen LogP contribution is -2.08. The summed E-state index contributed by atoms with van der Waals surface area (Å²) in [7, 11) is 1.68. The lowest BCUT2D eigenvalue weighted by Gasteiger charge is -2.18. The third-order valence-electron chi connectivity index (χ3n) is 2.41. The van der Waals surface area contributed by atoms with Gasteiger partial charge < -0.3 is 9.47 Å². The Kier molecular flexibility index (Phi) is 4.66. The van der Waals surface area contributed by atoms with E-state index < -0.39 is 0 Å². The summed E-state index contributed by atoms with van der Waals surface area (Å²) in [5.74, 6) is 2.68. The molecule has 0 aliphatic heterocycles. The molecule has 0 amide bonds. The average molecular weight is 222 g/mol. The number of hydrogen-bond donors (Lipinski definition) is 0. The largest absolute Gasteiger partial charge is 0.493 e. The van der Waals surface area contributed by atoms with Crippen LogP contribution in [-0.2, 0) is 0 Å². The van der Waals surface area contributed by atoms with Gasteiger partial charge in [-0.3, -0.25) is 0 Å². The fraction of sp³-hybridized carbons (Fsp3) is 0.571. The van der Waals surface area contributed by atoms with Crippen LogP contribution in [0.25, 0.3) is 0 Å². The molecule has 0 radical (unpaired) electrons. The highest BCUT2D eigenvalue weighted by Gasteiger charge is 2.13. The first-order valence-corrected chi connectivity index (χ1v) is 5.86. The predicted molar refractivity (Wildman–Crippen MR) is 67.4 cm³/mol. The van der Waals surface area contributed by atoms with Crippen LogP contribution in [0.2, 0.25) is 0 Å². The molecule has 0 aromatic heterocycles. The lowest BCUT2D eigenvalue weighted by molar-refractivity contribution is 0.253. The summed E-state index contributed by atoms with van der Waals surface area (Å²) in [6.45, 7) is 9.34. The summed E-state index contributed by atoms with van der Waals surface area (Å²) in [4.78, 5) is 0. The van der Waals surface area contributed by atoms with Crippen LogP contribution < -0.4 is 9.47 Å². The molecule has 0 spiro atoms. The molecule has 16 heavy (non-hydrogen) atoms. The van der Waals surface area contributed by atoms with Crippen LogP contribution in [0.1, 0.15) is 39.2 Å². The zero-order chi connectivity index (χ0) is 12.1. The minimum absolute atomic E-state index is 0.442. The monoisotopic (exact) mass is 222 g/mol. The molecule has 0 saturated heterocycles. The van der Waals surface area contributed by atoms with Crippen molar-refractivity contribution in [3.8, 4) is 11.5 Å². The van der Waals surface area contributed by atoms with Crippen molar-refractivity contribution in [2.75, 3.05) is 13.7 Å². The molecule has 0 aliphatic carbocycles. The number of rotatable bonds is 5. The Morgan fingerprint density at radius 2 is 1.81 bits per heavy atom. The molecule has 0 aliphatic rings. The summed E-state index contributed by atoms with van der Waals surface area (Å²) < 4.78 is 11.2. The van der Waals surface area contributed by atoms with Crippen LogP contribution in [0.5, 0.6) is 11.5 Å². The number of para-hydroxylation sites is 1. The average Bonchev–Trinajstić information content (AvgIpc) is 2.25. The van der Waals surface area contributed by atoms with Crippen molar-refractivity contribution in [3.63, 3.8) is 0 Å². The Hall–Kier alpha value is -1.18. The van der Waals surface area contributed by atoms with E-state index in [1.807, 2.05) is 12.1 Å². The van der Waals surface area contributed by atoms with Crippen LogP contribution in [0, 0.1) is 5.92 Å². The first kappa shape index (κ1) is 12.9. The summed E-state index contributed by atoms with van der Waals surface area (Å²) in [6.07, 6.45) is 0. The van der Waals surface area contributed by atoms with E-state index in [9.17, 15) is 0 Å². The van der Waals surface area contributed by atoms with Gasteiger partial charge in [-0.2, -0.15) is 0 Å². The van der Waals surface area contributed by atoms with Crippen molar-refractivity contribution in [1.82, 2.24) is 0 Å². The van der Waals surface area contributed by atoms with Crippen molar-refractivity contribution < 1.29 is 9.47 Å².